The molecule has 0 saturated carbocycles. The van der Waals surface area contributed by atoms with E-state index < -0.39 is 11.7 Å². The fourth-order valence-electron chi connectivity index (χ4n) is 3.63. The SMILES string of the molecule is CN1CCC(O)(C(=O)N2CCO[C@H](CO)[C@H]2c2ccccc2)CC1. The maximum Gasteiger partial charge on any atom is 0.255 e. The molecule has 1 amide bonds. The summed E-state index contributed by atoms with van der Waals surface area (Å²) in [4.78, 5) is 17.0. The first kappa shape index (κ1) is 17.4. The van der Waals surface area contributed by atoms with E-state index in [0.29, 0.717) is 39.1 Å². The van der Waals surface area contributed by atoms with Crippen molar-refractivity contribution in [3.63, 3.8) is 0 Å². The Labute approximate surface area is 142 Å². The van der Waals surface area contributed by atoms with Crippen LogP contribution in [0.2, 0.25) is 0 Å². The Morgan fingerprint density at radius 3 is 2.54 bits per heavy atom. The zero-order valence-electron chi connectivity index (χ0n) is 14.1. The highest BCUT2D eigenvalue weighted by molar-refractivity contribution is 5.85. The predicted octanol–water partition coefficient (Wildman–Crippen LogP) is 0.404. The normalized spacial score (nSPS) is 27.9. The van der Waals surface area contributed by atoms with Gasteiger partial charge < -0.3 is 24.7 Å². The third kappa shape index (κ3) is 3.32. The van der Waals surface area contributed by atoms with Crippen LogP contribution in [0.25, 0.3) is 0 Å². The van der Waals surface area contributed by atoms with Crippen LogP contribution in [-0.4, -0.2) is 77.5 Å². The number of morpholine rings is 1. The summed E-state index contributed by atoms with van der Waals surface area (Å²) in [5.74, 6) is -0.244. The van der Waals surface area contributed by atoms with Gasteiger partial charge in [0, 0.05) is 19.6 Å². The lowest BCUT2D eigenvalue weighted by Crippen LogP contribution is -2.59. The molecule has 0 aliphatic carbocycles. The number of piperidine rings is 1. The molecule has 2 N–H and O–H groups in total. The summed E-state index contributed by atoms with van der Waals surface area (Å²) in [5, 5.41) is 20.6. The van der Waals surface area contributed by atoms with Gasteiger partial charge in [-0.2, -0.15) is 0 Å². The number of carbonyl (C=O) groups is 1. The molecule has 6 heteroatoms. The van der Waals surface area contributed by atoms with Gasteiger partial charge in [0.2, 0.25) is 0 Å². The number of likely N-dealkylation sites (tertiary alicyclic amines) is 1. The summed E-state index contributed by atoms with van der Waals surface area (Å²) in [5.41, 5.74) is -0.405. The molecule has 2 atom stereocenters. The van der Waals surface area contributed by atoms with Crippen LogP contribution in [0.3, 0.4) is 0 Å². The van der Waals surface area contributed by atoms with Gasteiger partial charge >= 0.3 is 0 Å². The molecule has 0 unspecified atom stereocenters. The lowest BCUT2D eigenvalue weighted by molar-refractivity contribution is -0.172. The van der Waals surface area contributed by atoms with Gasteiger partial charge in [0.1, 0.15) is 11.7 Å². The Morgan fingerprint density at radius 2 is 1.92 bits per heavy atom. The molecule has 3 rings (SSSR count). The van der Waals surface area contributed by atoms with E-state index in [-0.39, 0.29) is 18.6 Å². The molecule has 0 bridgehead atoms. The number of benzene rings is 1. The van der Waals surface area contributed by atoms with Crippen molar-refractivity contribution < 1.29 is 19.7 Å². The lowest BCUT2D eigenvalue weighted by Gasteiger charge is -2.45. The summed E-state index contributed by atoms with van der Waals surface area (Å²) in [7, 11) is 1.99. The Hall–Kier alpha value is -1.47. The Bertz CT molecular complexity index is 557. The molecule has 1 aromatic rings. The highest BCUT2D eigenvalue weighted by Gasteiger charge is 2.46. The smallest absolute Gasteiger partial charge is 0.255 e. The van der Waals surface area contributed by atoms with E-state index in [1.165, 1.54) is 0 Å². The first-order valence-electron chi connectivity index (χ1n) is 8.54. The van der Waals surface area contributed by atoms with Gasteiger partial charge in [-0.05, 0) is 25.5 Å². The minimum Gasteiger partial charge on any atom is -0.394 e. The third-order valence-electron chi connectivity index (χ3n) is 5.15. The third-order valence-corrected chi connectivity index (χ3v) is 5.15. The highest BCUT2D eigenvalue weighted by atomic mass is 16.5. The van der Waals surface area contributed by atoms with Crippen LogP contribution in [0.15, 0.2) is 30.3 Å². The number of rotatable bonds is 3. The number of ether oxygens (including phenoxy) is 1. The maximum absolute atomic E-state index is 13.1. The molecule has 2 aliphatic heterocycles. The van der Waals surface area contributed by atoms with Gasteiger partial charge in [-0.25, -0.2) is 0 Å². The zero-order chi connectivity index (χ0) is 17.2. The molecule has 0 aromatic heterocycles. The van der Waals surface area contributed by atoms with Crippen LogP contribution in [0, 0.1) is 0 Å². The minimum atomic E-state index is -1.32. The number of carbonyl (C=O) groups excluding carboxylic acids is 1. The van der Waals surface area contributed by atoms with Crippen molar-refractivity contribution in [2.45, 2.75) is 30.6 Å². The number of hydrogen-bond donors (Lipinski definition) is 2. The van der Waals surface area contributed by atoms with Crippen LogP contribution >= 0.6 is 0 Å². The predicted molar refractivity (Wildman–Crippen MR) is 89.4 cm³/mol. The van der Waals surface area contributed by atoms with Crippen molar-refractivity contribution in [2.75, 3.05) is 39.9 Å². The maximum atomic E-state index is 13.1. The first-order chi connectivity index (χ1) is 11.5. The highest BCUT2D eigenvalue weighted by Crippen LogP contribution is 2.34. The van der Waals surface area contributed by atoms with Gasteiger partial charge in [0.25, 0.3) is 5.91 Å². The largest absolute Gasteiger partial charge is 0.394 e. The van der Waals surface area contributed by atoms with E-state index >= 15 is 0 Å². The lowest BCUT2D eigenvalue weighted by atomic mass is 9.88. The average Bonchev–Trinajstić information content (AvgIpc) is 2.63. The molecule has 2 saturated heterocycles. The van der Waals surface area contributed by atoms with E-state index in [2.05, 4.69) is 4.90 Å². The molecule has 24 heavy (non-hydrogen) atoms. The second-order valence-corrected chi connectivity index (χ2v) is 6.78. The summed E-state index contributed by atoms with van der Waals surface area (Å²) < 4.78 is 5.68. The van der Waals surface area contributed by atoms with Crippen LogP contribution in [0.1, 0.15) is 24.4 Å². The minimum absolute atomic E-state index is 0.162. The van der Waals surface area contributed by atoms with Crippen molar-refractivity contribution in [2.24, 2.45) is 0 Å². The Balaban J connectivity index is 1.87. The standard InChI is InChI=1S/C18H26N2O4/c1-19-9-7-18(23,8-10-19)17(22)20-11-12-24-15(13-21)16(20)14-5-3-2-4-6-14/h2-6,15-16,21,23H,7-13H2,1H3/t15-,16-/m1/s1. The van der Waals surface area contributed by atoms with E-state index in [1.807, 2.05) is 37.4 Å². The average molecular weight is 334 g/mol. The molecule has 132 valence electrons. The van der Waals surface area contributed by atoms with Gasteiger partial charge in [0.05, 0.1) is 19.3 Å². The zero-order valence-corrected chi connectivity index (χ0v) is 14.1. The second kappa shape index (κ2) is 7.19. The van der Waals surface area contributed by atoms with Crippen LogP contribution in [0.4, 0.5) is 0 Å². The number of amides is 1. The number of aliphatic hydroxyl groups is 2. The van der Waals surface area contributed by atoms with Crippen molar-refractivity contribution in [1.82, 2.24) is 9.80 Å². The van der Waals surface area contributed by atoms with Gasteiger partial charge in [-0.3, -0.25) is 4.79 Å². The number of aliphatic hydroxyl groups excluding tert-OH is 1. The van der Waals surface area contributed by atoms with Gasteiger partial charge in [0.15, 0.2) is 0 Å². The molecular weight excluding hydrogens is 308 g/mol. The quantitative estimate of drug-likeness (QED) is 0.837. The van der Waals surface area contributed by atoms with Crippen molar-refractivity contribution >= 4 is 5.91 Å². The molecule has 0 radical (unpaired) electrons. The van der Waals surface area contributed by atoms with Crippen LogP contribution in [0.5, 0.6) is 0 Å². The summed E-state index contributed by atoms with van der Waals surface area (Å²) in [6, 6.07) is 9.22. The van der Waals surface area contributed by atoms with Crippen molar-refractivity contribution in [1.29, 1.82) is 0 Å². The summed E-state index contributed by atoms with van der Waals surface area (Å²) >= 11 is 0. The Kier molecular flexibility index (Phi) is 5.20. The molecule has 0 spiro atoms. The summed E-state index contributed by atoms with van der Waals surface area (Å²) in [6.45, 7) is 2.03. The van der Waals surface area contributed by atoms with Crippen molar-refractivity contribution in [3.8, 4) is 0 Å². The fraction of sp³-hybridized carbons (Fsp3) is 0.611. The Morgan fingerprint density at radius 1 is 1.25 bits per heavy atom. The fourth-order valence-corrected chi connectivity index (χ4v) is 3.63. The van der Waals surface area contributed by atoms with Gasteiger partial charge in [-0.15, -0.1) is 0 Å². The first-order valence-corrected chi connectivity index (χ1v) is 8.54. The van der Waals surface area contributed by atoms with E-state index in [9.17, 15) is 15.0 Å². The van der Waals surface area contributed by atoms with Gasteiger partial charge in [-0.1, -0.05) is 30.3 Å². The van der Waals surface area contributed by atoms with E-state index in [1.54, 1.807) is 4.90 Å². The number of hydrogen-bond acceptors (Lipinski definition) is 5. The topological polar surface area (TPSA) is 73.2 Å². The van der Waals surface area contributed by atoms with E-state index in [4.69, 9.17) is 4.74 Å². The molecule has 2 fully saturated rings. The van der Waals surface area contributed by atoms with Crippen LogP contribution < -0.4 is 0 Å². The van der Waals surface area contributed by atoms with E-state index in [0.717, 1.165) is 5.56 Å². The molecule has 1 aromatic carbocycles. The number of nitrogens with zero attached hydrogens (tertiary/aromatic N) is 2. The van der Waals surface area contributed by atoms with Crippen LogP contribution in [-0.2, 0) is 9.53 Å². The second-order valence-electron chi connectivity index (χ2n) is 6.78. The monoisotopic (exact) mass is 334 g/mol. The molecule has 6 nitrogen and oxygen atoms in total. The molecule has 2 heterocycles. The summed E-state index contributed by atoms with van der Waals surface area (Å²) in [6.07, 6.45) is 0.399. The molecular formula is C18H26N2O4. The van der Waals surface area contributed by atoms with Crippen molar-refractivity contribution in [3.05, 3.63) is 35.9 Å². The molecule has 2 aliphatic rings.